The molecule has 0 heterocycles. The number of ether oxygens (including phenoxy) is 2. The van der Waals surface area contributed by atoms with Crippen LogP contribution in [0.15, 0.2) is 12.1 Å². The molecule has 110 valence electrons. The van der Waals surface area contributed by atoms with Gasteiger partial charge in [0, 0.05) is 18.7 Å². The van der Waals surface area contributed by atoms with E-state index in [1.807, 2.05) is 0 Å². The molecule has 0 aliphatic rings. The second-order valence-corrected chi connectivity index (χ2v) is 4.05. The molecule has 0 saturated carbocycles. The lowest BCUT2D eigenvalue weighted by molar-refractivity contribution is -0.127. The zero-order valence-electron chi connectivity index (χ0n) is 11.6. The van der Waals surface area contributed by atoms with Crippen molar-refractivity contribution in [3.63, 3.8) is 0 Å². The topological polar surface area (TPSA) is 111 Å². The summed E-state index contributed by atoms with van der Waals surface area (Å²) < 4.78 is 10.5. The summed E-state index contributed by atoms with van der Waals surface area (Å²) in [7, 11) is 1.40. The molecule has 0 aliphatic carbocycles. The standard InChI is InChI=1S/C13H18N2O5/c1-4-15-12(16)7(2)20-11-5-8(13(17)18)9(14)6-10(11)19-3/h5-7H,4,14H2,1-3H3,(H,15,16)(H,17,18). The van der Waals surface area contributed by atoms with E-state index in [0.29, 0.717) is 6.54 Å². The Morgan fingerprint density at radius 1 is 1.40 bits per heavy atom. The first-order chi connectivity index (χ1) is 9.40. The number of carbonyl (C=O) groups excluding carboxylic acids is 1. The van der Waals surface area contributed by atoms with Crippen LogP contribution in [-0.4, -0.2) is 36.7 Å². The van der Waals surface area contributed by atoms with Crippen LogP contribution in [-0.2, 0) is 4.79 Å². The van der Waals surface area contributed by atoms with Gasteiger partial charge < -0.3 is 25.6 Å². The number of benzene rings is 1. The van der Waals surface area contributed by atoms with Crippen LogP contribution >= 0.6 is 0 Å². The summed E-state index contributed by atoms with van der Waals surface area (Å²) in [4.78, 5) is 22.7. The Morgan fingerprint density at radius 3 is 2.55 bits per heavy atom. The van der Waals surface area contributed by atoms with Crippen LogP contribution in [0.4, 0.5) is 5.69 Å². The summed E-state index contributed by atoms with van der Waals surface area (Å²) >= 11 is 0. The third-order valence-electron chi connectivity index (χ3n) is 2.59. The Kier molecular flexibility index (Phi) is 5.19. The van der Waals surface area contributed by atoms with Crippen molar-refractivity contribution < 1.29 is 24.2 Å². The first kappa shape index (κ1) is 15.6. The van der Waals surface area contributed by atoms with Gasteiger partial charge in [-0.05, 0) is 13.8 Å². The van der Waals surface area contributed by atoms with E-state index in [1.165, 1.54) is 19.2 Å². The third kappa shape index (κ3) is 3.53. The van der Waals surface area contributed by atoms with E-state index in [-0.39, 0.29) is 28.7 Å². The van der Waals surface area contributed by atoms with Gasteiger partial charge in [0.05, 0.1) is 18.4 Å². The largest absolute Gasteiger partial charge is 0.493 e. The maximum Gasteiger partial charge on any atom is 0.337 e. The predicted octanol–water partition coefficient (Wildman–Crippen LogP) is 0.879. The van der Waals surface area contributed by atoms with Gasteiger partial charge in [-0.3, -0.25) is 4.79 Å². The minimum Gasteiger partial charge on any atom is -0.493 e. The molecule has 1 aromatic carbocycles. The fraction of sp³-hybridized carbons (Fsp3) is 0.385. The molecule has 0 saturated heterocycles. The fourth-order valence-corrected chi connectivity index (χ4v) is 1.57. The fourth-order valence-electron chi connectivity index (χ4n) is 1.57. The number of aromatic carboxylic acids is 1. The molecule has 20 heavy (non-hydrogen) atoms. The number of methoxy groups -OCH3 is 1. The Morgan fingerprint density at radius 2 is 2.05 bits per heavy atom. The Balaban J connectivity index is 3.06. The number of carbonyl (C=O) groups is 2. The summed E-state index contributed by atoms with van der Waals surface area (Å²) in [6, 6.07) is 2.59. The number of anilines is 1. The van der Waals surface area contributed by atoms with Crippen molar-refractivity contribution in [1.29, 1.82) is 0 Å². The number of nitrogens with one attached hydrogen (secondary N) is 1. The molecule has 1 unspecified atom stereocenters. The molecule has 0 radical (unpaired) electrons. The van der Waals surface area contributed by atoms with Crippen molar-refractivity contribution in [2.45, 2.75) is 20.0 Å². The molecule has 0 aliphatic heterocycles. The van der Waals surface area contributed by atoms with Crippen LogP contribution in [0.5, 0.6) is 11.5 Å². The zero-order valence-corrected chi connectivity index (χ0v) is 11.6. The van der Waals surface area contributed by atoms with Crippen molar-refractivity contribution in [2.75, 3.05) is 19.4 Å². The van der Waals surface area contributed by atoms with Crippen LogP contribution in [0.2, 0.25) is 0 Å². The van der Waals surface area contributed by atoms with Gasteiger partial charge >= 0.3 is 5.97 Å². The lowest BCUT2D eigenvalue weighted by Gasteiger charge is -2.17. The van der Waals surface area contributed by atoms with Gasteiger partial charge in [0.15, 0.2) is 17.6 Å². The van der Waals surface area contributed by atoms with Crippen LogP contribution < -0.4 is 20.5 Å². The van der Waals surface area contributed by atoms with Gasteiger partial charge in [-0.1, -0.05) is 0 Å². The van der Waals surface area contributed by atoms with Crippen LogP contribution in [0.1, 0.15) is 24.2 Å². The summed E-state index contributed by atoms with van der Waals surface area (Å²) in [6.07, 6.45) is -0.783. The number of hydrogen-bond donors (Lipinski definition) is 3. The van der Waals surface area contributed by atoms with E-state index < -0.39 is 12.1 Å². The minimum absolute atomic E-state index is 0.0624. The molecule has 1 atom stereocenters. The molecular formula is C13H18N2O5. The second-order valence-electron chi connectivity index (χ2n) is 4.05. The molecule has 0 aromatic heterocycles. The first-order valence-corrected chi connectivity index (χ1v) is 6.05. The van der Waals surface area contributed by atoms with Crippen molar-refractivity contribution in [3.8, 4) is 11.5 Å². The lowest BCUT2D eigenvalue weighted by atomic mass is 10.1. The monoisotopic (exact) mass is 282 g/mol. The second kappa shape index (κ2) is 6.65. The van der Waals surface area contributed by atoms with Crippen LogP contribution in [0.3, 0.4) is 0 Å². The van der Waals surface area contributed by atoms with E-state index in [1.54, 1.807) is 13.8 Å². The van der Waals surface area contributed by atoms with E-state index in [4.69, 9.17) is 20.3 Å². The summed E-state index contributed by atoms with van der Waals surface area (Å²) in [5, 5.41) is 11.6. The Hall–Kier alpha value is -2.44. The Labute approximate surface area is 116 Å². The smallest absolute Gasteiger partial charge is 0.337 e. The quantitative estimate of drug-likeness (QED) is 0.668. The molecule has 1 aromatic rings. The SMILES string of the molecule is CCNC(=O)C(C)Oc1cc(C(=O)O)c(N)cc1OC. The molecule has 0 spiro atoms. The molecule has 0 bridgehead atoms. The van der Waals surface area contributed by atoms with Crippen molar-refractivity contribution >= 4 is 17.6 Å². The first-order valence-electron chi connectivity index (χ1n) is 6.05. The molecular weight excluding hydrogens is 264 g/mol. The number of carboxylic acids is 1. The maximum absolute atomic E-state index is 11.6. The van der Waals surface area contributed by atoms with Gasteiger partial charge in [0.2, 0.25) is 0 Å². The van der Waals surface area contributed by atoms with E-state index in [9.17, 15) is 9.59 Å². The number of likely N-dealkylation sites (N-methyl/N-ethyl adjacent to an activating group) is 1. The number of nitrogen functional groups attached to an aromatic ring is 1. The minimum atomic E-state index is -1.18. The van der Waals surface area contributed by atoms with Gasteiger partial charge in [0.25, 0.3) is 5.91 Å². The predicted molar refractivity (Wildman–Crippen MR) is 73.1 cm³/mol. The highest BCUT2D eigenvalue weighted by Gasteiger charge is 2.19. The van der Waals surface area contributed by atoms with Crippen LogP contribution in [0.25, 0.3) is 0 Å². The van der Waals surface area contributed by atoms with E-state index in [2.05, 4.69) is 5.32 Å². The third-order valence-corrected chi connectivity index (χ3v) is 2.59. The average molecular weight is 282 g/mol. The lowest BCUT2D eigenvalue weighted by Crippen LogP contribution is -2.36. The molecule has 0 fully saturated rings. The van der Waals surface area contributed by atoms with Crippen LogP contribution in [0, 0.1) is 0 Å². The molecule has 7 nitrogen and oxygen atoms in total. The van der Waals surface area contributed by atoms with Gasteiger partial charge in [-0.2, -0.15) is 0 Å². The number of amides is 1. The summed E-state index contributed by atoms with van der Waals surface area (Å²) in [5.74, 6) is -1.06. The van der Waals surface area contributed by atoms with Gasteiger partial charge in [-0.15, -0.1) is 0 Å². The normalized spacial score (nSPS) is 11.6. The number of hydrogen-bond acceptors (Lipinski definition) is 5. The highest BCUT2D eigenvalue weighted by molar-refractivity contribution is 5.94. The number of nitrogens with two attached hydrogens (primary N) is 1. The van der Waals surface area contributed by atoms with E-state index in [0.717, 1.165) is 0 Å². The molecule has 7 heteroatoms. The van der Waals surface area contributed by atoms with Gasteiger partial charge in [-0.25, -0.2) is 4.79 Å². The highest BCUT2D eigenvalue weighted by atomic mass is 16.5. The summed E-state index contributed by atoms with van der Waals surface area (Å²) in [6.45, 7) is 3.82. The maximum atomic E-state index is 11.6. The van der Waals surface area contributed by atoms with Crippen molar-refractivity contribution in [1.82, 2.24) is 5.32 Å². The van der Waals surface area contributed by atoms with Gasteiger partial charge in [0.1, 0.15) is 0 Å². The number of rotatable bonds is 6. The zero-order chi connectivity index (χ0) is 15.3. The molecule has 1 rings (SSSR count). The van der Waals surface area contributed by atoms with Crippen molar-refractivity contribution in [3.05, 3.63) is 17.7 Å². The highest BCUT2D eigenvalue weighted by Crippen LogP contribution is 2.32. The van der Waals surface area contributed by atoms with E-state index >= 15 is 0 Å². The Bertz CT molecular complexity index is 516. The molecule has 1 amide bonds. The molecule has 4 N–H and O–H groups in total. The number of carboxylic acid groups (broad SMARTS) is 1. The average Bonchev–Trinajstić information content (AvgIpc) is 2.39. The summed E-state index contributed by atoms with van der Waals surface area (Å²) in [5.41, 5.74) is 5.56. The van der Waals surface area contributed by atoms with Crippen molar-refractivity contribution in [2.24, 2.45) is 0 Å².